The van der Waals surface area contributed by atoms with Gasteiger partial charge in [-0.05, 0) is 56.3 Å². The normalized spacial score (nSPS) is 17.9. The van der Waals surface area contributed by atoms with Crippen LogP contribution >= 0.6 is 0 Å². The first-order valence-electron chi connectivity index (χ1n) is 11.5. The Hall–Kier alpha value is -3.60. The van der Waals surface area contributed by atoms with E-state index in [1.807, 2.05) is 18.2 Å². The SMILES string of the molecule is CC(C)(O)COc1ccc(-c2ccc3nc4c(n3n2)C(c2ccccc2OC(F)F)NCC4O)cc1. The maximum Gasteiger partial charge on any atom is 0.387 e. The van der Waals surface area contributed by atoms with Crippen molar-refractivity contribution in [1.82, 2.24) is 19.9 Å². The lowest BCUT2D eigenvalue weighted by molar-refractivity contribution is -0.0507. The van der Waals surface area contributed by atoms with Gasteiger partial charge >= 0.3 is 6.61 Å². The van der Waals surface area contributed by atoms with Crippen LogP contribution in [0.4, 0.5) is 8.78 Å². The highest BCUT2D eigenvalue weighted by molar-refractivity contribution is 5.62. The molecule has 3 heterocycles. The van der Waals surface area contributed by atoms with E-state index in [1.165, 1.54) is 6.07 Å². The van der Waals surface area contributed by atoms with Crippen LogP contribution in [0.15, 0.2) is 60.7 Å². The Morgan fingerprint density at radius 1 is 1.11 bits per heavy atom. The summed E-state index contributed by atoms with van der Waals surface area (Å²) in [4.78, 5) is 4.57. The van der Waals surface area contributed by atoms with E-state index in [2.05, 4.69) is 10.3 Å². The molecule has 0 spiro atoms. The average Bonchev–Trinajstić information content (AvgIpc) is 3.23. The van der Waals surface area contributed by atoms with Crippen molar-refractivity contribution in [3.8, 4) is 22.8 Å². The second-order valence-corrected chi connectivity index (χ2v) is 9.27. The zero-order valence-electron chi connectivity index (χ0n) is 19.7. The predicted molar refractivity (Wildman–Crippen MR) is 128 cm³/mol. The highest BCUT2D eigenvalue weighted by atomic mass is 19.3. The van der Waals surface area contributed by atoms with Gasteiger partial charge in [0.25, 0.3) is 0 Å². The molecule has 1 aliphatic heterocycles. The zero-order chi connectivity index (χ0) is 25.4. The third kappa shape index (κ3) is 4.88. The van der Waals surface area contributed by atoms with Crippen molar-refractivity contribution in [2.75, 3.05) is 13.2 Å². The second-order valence-electron chi connectivity index (χ2n) is 9.27. The fraction of sp³-hybridized carbons (Fsp3) is 0.308. The topological polar surface area (TPSA) is 101 Å². The van der Waals surface area contributed by atoms with Crippen LogP contribution < -0.4 is 14.8 Å². The number of fused-ring (bicyclic) bond motifs is 3. The number of hydrogen-bond donors (Lipinski definition) is 3. The third-order valence-corrected chi connectivity index (χ3v) is 5.83. The van der Waals surface area contributed by atoms with Crippen molar-refractivity contribution in [2.24, 2.45) is 0 Å². The first-order valence-corrected chi connectivity index (χ1v) is 11.5. The number of aliphatic hydroxyl groups is 2. The molecular formula is C26H26F2N4O4. The molecule has 8 nitrogen and oxygen atoms in total. The molecule has 0 fully saturated rings. The molecular weight excluding hydrogens is 470 g/mol. The van der Waals surface area contributed by atoms with E-state index in [0.717, 1.165) is 5.56 Å². The van der Waals surface area contributed by atoms with Gasteiger partial charge in [-0.25, -0.2) is 9.50 Å². The van der Waals surface area contributed by atoms with Crippen molar-refractivity contribution in [3.05, 3.63) is 77.6 Å². The van der Waals surface area contributed by atoms with Crippen molar-refractivity contribution in [3.63, 3.8) is 0 Å². The summed E-state index contributed by atoms with van der Waals surface area (Å²) >= 11 is 0. The van der Waals surface area contributed by atoms with Gasteiger partial charge < -0.3 is 25.0 Å². The molecule has 2 aromatic heterocycles. The Morgan fingerprint density at radius 2 is 1.86 bits per heavy atom. The number of rotatable bonds is 7. The number of nitrogens with zero attached hydrogens (tertiary/aromatic N) is 3. The summed E-state index contributed by atoms with van der Waals surface area (Å²) in [6, 6.07) is 16.9. The van der Waals surface area contributed by atoms with Gasteiger partial charge in [0, 0.05) is 17.7 Å². The monoisotopic (exact) mass is 496 g/mol. The molecule has 0 aliphatic carbocycles. The number of hydrogen-bond acceptors (Lipinski definition) is 7. The molecule has 0 amide bonds. The highest BCUT2D eigenvalue weighted by Gasteiger charge is 2.34. The van der Waals surface area contributed by atoms with E-state index in [1.54, 1.807) is 54.8 Å². The summed E-state index contributed by atoms with van der Waals surface area (Å²) in [7, 11) is 0. The first-order chi connectivity index (χ1) is 17.2. The minimum Gasteiger partial charge on any atom is -0.491 e. The maximum atomic E-state index is 13.1. The van der Waals surface area contributed by atoms with Crippen LogP contribution in [0.5, 0.6) is 11.5 Å². The predicted octanol–water partition coefficient (Wildman–Crippen LogP) is 3.87. The summed E-state index contributed by atoms with van der Waals surface area (Å²) in [5, 5.41) is 28.5. The Morgan fingerprint density at radius 3 is 2.58 bits per heavy atom. The Bertz CT molecular complexity index is 1370. The quantitative estimate of drug-likeness (QED) is 0.357. The largest absolute Gasteiger partial charge is 0.491 e. The number of aromatic nitrogens is 3. The number of imidazole rings is 1. The van der Waals surface area contributed by atoms with Crippen LogP contribution in [0.2, 0.25) is 0 Å². The molecule has 2 unspecified atom stereocenters. The van der Waals surface area contributed by atoms with Crippen molar-refractivity contribution in [1.29, 1.82) is 0 Å². The smallest absolute Gasteiger partial charge is 0.387 e. The molecule has 3 N–H and O–H groups in total. The van der Waals surface area contributed by atoms with Crippen LogP contribution in [0, 0.1) is 0 Å². The van der Waals surface area contributed by atoms with Gasteiger partial charge in [-0.3, -0.25) is 0 Å². The van der Waals surface area contributed by atoms with Crippen molar-refractivity contribution < 1.29 is 28.5 Å². The first kappa shape index (κ1) is 24.1. The van der Waals surface area contributed by atoms with Crippen LogP contribution in [0.1, 0.15) is 42.9 Å². The number of alkyl halides is 2. The molecule has 0 saturated heterocycles. The second kappa shape index (κ2) is 9.45. The minimum absolute atomic E-state index is 0.0417. The molecule has 36 heavy (non-hydrogen) atoms. The minimum atomic E-state index is -2.97. The highest BCUT2D eigenvalue weighted by Crippen LogP contribution is 2.37. The number of ether oxygens (including phenoxy) is 2. The maximum absolute atomic E-state index is 13.1. The number of halogens is 2. The molecule has 1 aliphatic rings. The lowest BCUT2D eigenvalue weighted by Gasteiger charge is -2.28. The van der Waals surface area contributed by atoms with Gasteiger partial charge in [0.05, 0.1) is 28.7 Å². The van der Waals surface area contributed by atoms with E-state index < -0.39 is 24.4 Å². The van der Waals surface area contributed by atoms with E-state index >= 15 is 0 Å². The van der Waals surface area contributed by atoms with E-state index in [9.17, 15) is 19.0 Å². The Labute approximate surface area is 206 Å². The molecule has 2 aromatic carbocycles. The standard InChI is InChI=1S/C26H26F2N4O4/c1-26(2,34)14-35-16-9-7-15(8-10-16)18-11-12-21-30-23-19(33)13-29-22(24(23)32(21)31-18)17-5-3-4-6-20(17)36-25(27)28/h3-12,19,22,25,29,33-34H,13-14H2,1-2H3. The lowest BCUT2D eigenvalue weighted by atomic mass is 9.96. The van der Waals surface area contributed by atoms with Crippen LogP contribution in [-0.2, 0) is 0 Å². The number of benzene rings is 2. The fourth-order valence-corrected chi connectivity index (χ4v) is 4.22. The van der Waals surface area contributed by atoms with Gasteiger partial charge in [-0.15, -0.1) is 0 Å². The summed E-state index contributed by atoms with van der Waals surface area (Å²) in [5.41, 5.74) is 2.53. The molecule has 188 valence electrons. The number of nitrogens with one attached hydrogen (secondary N) is 1. The van der Waals surface area contributed by atoms with Crippen LogP contribution in [0.3, 0.4) is 0 Å². The molecule has 0 saturated carbocycles. The Balaban J connectivity index is 1.54. The van der Waals surface area contributed by atoms with Crippen molar-refractivity contribution in [2.45, 2.75) is 38.2 Å². The fourth-order valence-electron chi connectivity index (χ4n) is 4.22. The molecule has 10 heteroatoms. The van der Waals surface area contributed by atoms with E-state index in [-0.39, 0.29) is 18.9 Å². The van der Waals surface area contributed by atoms with Gasteiger partial charge in [0.1, 0.15) is 24.2 Å². The third-order valence-electron chi connectivity index (χ3n) is 5.83. The molecule has 2 atom stereocenters. The van der Waals surface area contributed by atoms with Gasteiger partial charge in [-0.1, -0.05) is 18.2 Å². The summed E-state index contributed by atoms with van der Waals surface area (Å²) in [6.45, 7) is 0.726. The summed E-state index contributed by atoms with van der Waals surface area (Å²) in [5.74, 6) is 0.657. The van der Waals surface area contributed by atoms with E-state index in [0.29, 0.717) is 34.0 Å². The lowest BCUT2D eigenvalue weighted by Crippen LogP contribution is -2.35. The summed E-state index contributed by atoms with van der Waals surface area (Å²) in [6.07, 6.45) is -0.878. The van der Waals surface area contributed by atoms with Gasteiger partial charge in [-0.2, -0.15) is 13.9 Å². The van der Waals surface area contributed by atoms with E-state index in [4.69, 9.17) is 14.6 Å². The average molecular weight is 497 g/mol. The summed E-state index contributed by atoms with van der Waals surface area (Å²) < 4.78 is 38.1. The van der Waals surface area contributed by atoms with Crippen LogP contribution in [-0.4, -0.2) is 50.2 Å². The number of para-hydroxylation sites is 1. The van der Waals surface area contributed by atoms with Gasteiger partial charge in [0.15, 0.2) is 5.65 Å². The van der Waals surface area contributed by atoms with Gasteiger partial charge in [0.2, 0.25) is 0 Å². The van der Waals surface area contributed by atoms with Crippen LogP contribution in [0.25, 0.3) is 16.9 Å². The Kier molecular flexibility index (Phi) is 6.33. The molecule has 5 rings (SSSR count). The molecule has 0 bridgehead atoms. The number of aliphatic hydroxyl groups excluding tert-OH is 1. The molecule has 0 radical (unpaired) electrons. The molecule has 4 aromatic rings. The zero-order valence-corrected chi connectivity index (χ0v) is 19.7. The number of β-amino-alcohol motifs (C(OH)–C–C–N with tert-alkyl or cyclic N) is 1. The van der Waals surface area contributed by atoms with Crippen molar-refractivity contribution >= 4 is 5.65 Å².